The monoisotopic (exact) mass is 429 g/mol. The number of thiophene rings is 1. The summed E-state index contributed by atoms with van der Waals surface area (Å²) >= 11 is 13.4. The van der Waals surface area contributed by atoms with Crippen molar-refractivity contribution in [2.45, 2.75) is 30.6 Å². The minimum atomic E-state index is -3.90. The van der Waals surface area contributed by atoms with E-state index in [0.717, 1.165) is 12.8 Å². The van der Waals surface area contributed by atoms with Gasteiger partial charge < -0.3 is 4.52 Å². The Bertz CT molecular complexity index is 1090. The van der Waals surface area contributed by atoms with E-state index in [1.54, 1.807) is 18.4 Å². The molecule has 136 valence electrons. The first-order valence-corrected chi connectivity index (χ1v) is 10.9. The van der Waals surface area contributed by atoms with Crippen molar-refractivity contribution in [1.82, 2.24) is 10.1 Å². The Hall–Kier alpha value is -1.61. The number of hydrogen-bond donors (Lipinski definition) is 1. The number of sulfonamides is 1. The summed E-state index contributed by atoms with van der Waals surface area (Å²) in [6.45, 7) is 1.71. The minimum absolute atomic E-state index is 0.0394. The van der Waals surface area contributed by atoms with Gasteiger partial charge in [-0.05, 0) is 48.9 Å². The molecule has 0 radical (unpaired) electrons. The summed E-state index contributed by atoms with van der Waals surface area (Å²) in [5.74, 6) is 1.32. The van der Waals surface area contributed by atoms with E-state index >= 15 is 0 Å². The Kier molecular flexibility index (Phi) is 4.46. The molecule has 0 aliphatic heterocycles. The lowest BCUT2D eigenvalue weighted by Crippen LogP contribution is -2.13. The predicted octanol–water partition coefficient (Wildman–Crippen LogP) is 5.09. The molecule has 3 aromatic rings. The van der Waals surface area contributed by atoms with Crippen molar-refractivity contribution in [2.75, 3.05) is 4.72 Å². The Balaban J connectivity index is 1.67. The van der Waals surface area contributed by atoms with E-state index in [1.165, 1.54) is 23.5 Å². The third-order valence-corrected chi connectivity index (χ3v) is 7.13. The minimum Gasteiger partial charge on any atom is -0.333 e. The summed E-state index contributed by atoms with van der Waals surface area (Å²) < 4.78 is 33.4. The molecule has 0 saturated heterocycles. The summed E-state index contributed by atoms with van der Waals surface area (Å²) in [6, 6.07) is 4.51. The van der Waals surface area contributed by atoms with Crippen molar-refractivity contribution in [1.29, 1.82) is 0 Å². The molecule has 1 aromatic carbocycles. The first-order valence-electron chi connectivity index (χ1n) is 7.75. The van der Waals surface area contributed by atoms with Crippen molar-refractivity contribution in [2.24, 2.45) is 0 Å². The highest BCUT2D eigenvalue weighted by Gasteiger charge is 2.30. The molecule has 10 heteroatoms. The summed E-state index contributed by atoms with van der Waals surface area (Å²) in [5, 5.41) is 6.19. The van der Waals surface area contributed by atoms with Crippen LogP contribution in [-0.4, -0.2) is 18.6 Å². The molecular formula is C16H13Cl2N3O3S2. The van der Waals surface area contributed by atoms with Gasteiger partial charge in [-0.2, -0.15) is 4.98 Å². The van der Waals surface area contributed by atoms with Crippen molar-refractivity contribution in [3.63, 3.8) is 0 Å². The van der Waals surface area contributed by atoms with Crippen LogP contribution in [0.25, 0.3) is 10.8 Å². The van der Waals surface area contributed by atoms with Gasteiger partial charge >= 0.3 is 0 Å². The van der Waals surface area contributed by atoms with Gasteiger partial charge in [0.25, 0.3) is 15.9 Å². The predicted molar refractivity (Wildman–Crippen MR) is 102 cm³/mol. The van der Waals surface area contributed by atoms with E-state index in [-0.39, 0.29) is 9.92 Å². The van der Waals surface area contributed by atoms with Crippen LogP contribution >= 0.6 is 34.5 Å². The Morgan fingerprint density at radius 1 is 1.27 bits per heavy atom. The lowest BCUT2D eigenvalue weighted by molar-refractivity contribution is 0.423. The first-order chi connectivity index (χ1) is 12.3. The zero-order chi connectivity index (χ0) is 18.5. The molecule has 4 rings (SSSR count). The molecule has 1 aliphatic rings. The molecule has 2 heterocycles. The summed E-state index contributed by atoms with van der Waals surface area (Å²) in [6.07, 6.45) is 2.11. The number of benzene rings is 1. The Labute approximate surface area is 164 Å². The average Bonchev–Trinajstić information content (AvgIpc) is 3.13. The van der Waals surface area contributed by atoms with Gasteiger partial charge in [-0.1, -0.05) is 28.4 Å². The summed E-state index contributed by atoms with van der Waals surface area (Å²) in [7, 11) is -3.90. The smallest absolute Gasteiger partial charge is 0.270 e. The number of aryl methyl sites for hydroxylation is 1. The molecule has 1 N–H and O–H groups in total. The molecular weight excluding hydrogens is 417 g/mol. The van der Waals surface area contributed by atoms with E-state index in [4.69, 9.17) is 27.7 Å². The van der Waals surface area contributed by atoms with Crippen LogP contribution in [0.2, 0.25) is 10.0 Å². The maximum Gasteiger partial charge on any atom is 0.270 e. The SMILES string of the molecule is Cc1cc(S(=O)(=O)Nc2ccsc2-c2nc(C3CC3)no2)c(Cl)cc1Cl. The van der Waals surface area contributed by atoms with Crippen molar-refractivity contribution in [3.05, 3.63) is 45.0 Å². The Morgan fingerprint density at radius 3 is 2.77 bits per heavy atom. The van der Waals surface area contributed by atoms with Gasteiger partial charge in [0.05, 0.1) is 10.7 Å². The van der Waals surface area contributed by atoms with Gasteiger partial charge in [0.2, 0.25) is 0 Å². The van der Waals surface area contributed by atoms with E-state index in [1.807, 2.05) is 0 Å². The second kappa shape index (κ2) is 6.53. The first kappa shape index (κ1) is 17.8. The highest BCUT2D eigenvalue weighted by molar-refractivity contribution is 7.92. The Morgan fingerprint density at radius 2 is 2.04 bits per heavy atom. The van der Waals surface area contributed by atoms with Crippen LogP contribution in [0.4, 0.5) is 5.69 Å². The van der Waals surface area contributed by atoms with Gasteiger partial charge in [0.15, 0.2) is 5.82 Å². The maximum absolute atomic E-state index is 12.8. The molecule has 0 unspecified atom stereocenters. The number of nitrogens with one attached hydrogen (secondary N) is 1. The topological polar surface area (TPSA) is 85.1 Å². The molecule has 0 amide bonds. The van der Waals surface area contributed by atoms with Gasteiger partial charge in [0.1, 0.15) is 9.77 Å². The van der Waals surface area contributed by atoms with Crippen molar-refractivity contribution < 1.29 is 12.9 Å². The molecule has 2 aromatic heterocycles. The number of anilines is 1. The fourth-order valence-electron chi connectivity index (χ4n) is 2.43. The quantitative estimate of drug-likeness (QED) is 0.609. The van der Waals surface area contributed by atoms with Gasteiger partial charge in [0, 0.05) is 10.9 Å². The van der Waals surface area contributed by atoms with Crippen LogP contribution in [-0.2, 0) is 10.0 Å². The fourth-order valence-corrected chi connectivity index (χ4v) is 5.17. The molecule has 1 aliphatic carbocycles. The van der Waals surface area contributed by atoms with Gasteiger partial charge in [-0.3, -0.25) is 4.72 Å². The maximum atomic E-state index is 12.8. The fraction of sp³-hybridized carbons (Fsp3) is 0.250. The van der Waals surface area contributed by atoms with Crippen LogP contribution < -0.4 is 4.72 Å². The van der Waals surface area contributed by atoms with Crippen LogP contribution in [0.5, 0.6) is 0 Å². The largest absolute Gasteiger partial charge is 0.333 e. The zero-order valence-corrected chi connectivity index (χ0v) is 16.6. The standard InChI is InChI=1S/C16H13Cl2N3O3S2/c1-8-6-13(11(18)7-10(8)17)26(22,23)21-12-4-5-25-14(12)16-19-15(20-24-16)9-2-3-9/h4-7,9,21H,2-3H2,1H3. The zero-order valence-electron chi connectivity index (χ0n) is 13.5. The number of hydrogen-bond acceptors (Lipinski definition) is 6. The summed E-state index contributed by atoms with van der Waals surface area (Å²) in [5.41, 5.74) is 0.984. The second-order valence-corrected chi connectivity index (χ2v) is 9.41. The van der Waals surface area contributed by atoms with Crippen LogP contribution in [0.3, 0.4) is 0 Å². The lowest BCUT2D eigenvalue weighted by Gasteiger charge is -2.11. The molecule has 0 bridgehead atoms. The molecule has 0 atom stereocenters. The van der Waals surface area contributed by atoms with Crippen LogP contribution in [0, 0.1) is 6.92 Å². The highest BCUT2D eigenvalue weighted by atomic mass is 35.5. The molecule has 6 nitrogen and oxygen atoms in total. The highest BCUT2D eigenvalue weighted by Crippen LogP contribution is 2.41. The normalized spacial score (nSPS) is 14.6. The van der Waals surface area contributed by atoms with Gasteiger partial charge in [-0.25, -0.2) is 8.42 Å². The van der Waals surface area contributed by atoms with Crippen LogP contribution in [0.15, 0.2) is 33.0 Å². The van der Waals surface area contributed by atoms with E-state index in [0.29, 0.717) is 38.8 Å². The molecule has 26 heavy (non-hydrogen) atoms. The lowest BCUT2D eigenvalue weighted by atomic mass is 10.2. The van der Waals surface area contributed by atoms with E-state index in [9.17, 15) is 8.42 Å². The molecule has 0 spiro atoms. The molecule has 1 fully saturated rings. The van der Waals surface area contributed by atoms with Crippen LogP contribution in [0.1, 0.15) is 30.1 Å². The number of nitrogens with zero attached hydrogens (tertiary/aromatic N) is 2. The number of halogens is 2. The number of aromatic nitrogens is 2. The van der Waals surface area contributed by atoms with Crippen molar-refractivity contribution >= 4 is 50.2 Å². The van der Waals surface area contributed by atoms with Crippen molar-refractivity contribution in [3.8, 4) is 10.8 Å². The van der Waals surface area contributed by atoms with E-state index < -0.39 is 10.0 Å². The van der Waals surface area contributed by atoms with E-state index in [2.05, 4.69) is 14.9 Å². The molecule has 1 saturated carbocycles. The van der Waals surface area contributed by atoms with Gasteiger partial charge in [-0.15, -0.1) is 11.3 Å². The third-order valence-electron chi connectivity index (χ3n) is 3.99. The average molecular weight is 430 g/mol. The second-order valence-electron chi connectivity index (χ2n) is 6.03. The third kappa shape index (κ3) is 3.34. The number of rotatable bonds is 5. The summed E-state index contributed by atoms with van der Waals surface area (Å²) in [4.78, 5) is 4.90.